The summed E-state index contributed by atoms with van der Waals surface area (Å²) in [7, 11) is 1.64. The lowest BCUT2D eigenvalue weighted by atomic mass is 10.2. The van der Waals surface area contributed by atoms with Crippen LogP contribution in [0.5, 0.6) is 5.75 Å². The van der Waals surface area contributed by atoms with Gasteiger partial charge in [0.05, 0.1) is 19.2 Å². The van der Waals surface area contributed by atoms with E-state index in [1.54, 1.807) is 25.3 Å². The van der Waals surface area contributed by atoms with E-state index in [4.69, 9.17) is 16.3 Å². The number of benzene rings is 2. The maximum absolute atomic E-state index is 12.4. The zero-order chi connectivity index (χ0) is 18.8. The molecule has 4 aromatic rings. The molecule has 5 nitrogen and oxygen atoms in total. The average molecular weight is 398 g/mol. The molecule has 2 heterocycles. The Morgan fingerprint density at radius 3 is 2.81 bits per heavy atom. The zero-order valence-electron chi connectivity index (χ0n) is 14.5. The van der Waals surface area contributed by atoms with Gasteiger partial charge in [-0.1, -0.05) is 17.7 Å². The second-order valence-electron chi connectivity index (χ2n) is 5.97. The van der Waals surface area contributed by atoms with E-state index in [9.17, 15) is 4.79 Å². The quantitative estimate of drug-likeness (QED) is 0.520. The topological polar surface area (TPSA) is 55.6 Å². The number of fused-ring (bicyclic) bond motifs is 1. The SMILES string of the molecule is COc1ccc(-c2cn3c(CC(=O)Nc4cccc(Cl)c4)csc3n2)cc1. The fourth-order valence-electron chi connectivity index (χ4n) is 2.79. The van der Waals surface area contributed by atoms with Crippen LogP contribution in [0.25, 0.3) is 16.2 Å². The molecule has 7 heteroatoms. The summed E-state index contributed by atoms with van der Waals surface area (Å²) in [5.41, 5.74) is 3.44. The van der Waals surface area contributed by atoms with Crippen LogP contribution < -0.4 is 10.1 Å². The van der Waals surface area contributed by atoms with Crippen molar-refractivity contribution in [2.45, 2.75) is 6.42 Å². The number of hydrogen-bond acceptors (Lipinski definition) is 4. The molecule has 0 unspecified atom stereocenters. The number of methoxy groups -OCH3 is 1. The highest BCUT2D eigenvalue weighted by molar-refractivity contribution is 7.15. The number of rotatable bonds is 5. The predicted molar refractivity (Wildman–Crippen MR) is 109 cm³/mol. The fourth-order valence-corrected chi connectivity index (χ4v) is 3.86. The number of amides is 1. The summed E-state index contributed by atoms with van der Waals surface area (Å²) in [4.78, 5) is 17.9. The van der Waals surface area contributed by atoms with Crippen LogP contribution in [0, 0.1) is 0 Å². The van der Waals surface area contributed by atoms with Gasteiger partial charge in [0.2, 0.25) is 5.91 Å². The minimum absolute atomic E-state index is 0.100. The van der Waals surface area contributed by atoms with Crippen LogP contribution in [0.15, 0.2) is 60.1 Å². The monoisotopic (exact) mass is 397 g/mol. The van der Waals surface area contributed by atoms with Crippen LogP contribution in [0.4, 0.5) is 5.69 Å². The number of halogens is 1. The maximum atomic E-state index is 12.4. The van der Waals surface area contributed by atoms with Gasteiger partial charge in [0.1, 0.15) is 5.75 Å². The number of aromatic nitrogens is 2. The van der Waals surface area contributed by atoms with Crippen molar-refractivity contribution in [3.05, 3.63) is 70.8 Å². The molecule has 0 atom stereocenters. The standard InChI is InChI=1S/C20H16ClN3O2S/c1-26-17-7-5-13(6-8-17)18-11-24-16(12-27-20(24)23-18)10-19(25)22-15-4-2-3-14(21)9-15/h2-9,11-12H,10H2,1H3,(H,22,25). The summed E-state index contributed by atoms with van der Waals surface area (Å²) in [5, 5.41) is 5.41. The normalized spacial score (nSPS) is 10.9. The lowest BCUT2D eigenvalue weighted by molar-refractivity contribution is -0.115. The molecule has 0 spiro atoms. The zero-order valence-corrected chi connectivity index (χ0v) is 16.1. The van der Waals surface area contributed by atoms with Crippen LogP contribution >= 0.6 is 22.9 Å². The number of nitrogens with one attached hydrogen (secondary N) is 1. The van der Waals surface area contributed by atoms with Gasteiger partial charge in [-0.3, -0.25) is 9.20 Å². The third kappa shape index (κ3) is 3.82. The maximum Gasteiger partial charge on any atom is 0.230 e. The minimum atomic E-state index is -0.100. The molecule has 0 bridgehead atoms. The largest absolute Gasteiger partial charge is 0.497 e. The molecule has 0 fully saturated rings. The third-order valence-corrected chi connectivity index (χ3v) is 5.24. The van der Waals surface area contributed by atoms with Gasteiger partial charge in [0.25, 0.3) is 0 Å². The first-order valence-electron chi connectivity index (χ1n) is 8.28. The lowest BCUT2D eigenvalue weighted by Gasteiger charge is -2.05. The summed E-state index contributed by atoms with van der Waals surface area (Å²) in [5.74, 6) is 0.704. The van der Waals surface area contributed by atoms with Gasteiger partial charge in [-0.25, -0.2) is 4.98 Å². The molecule has 0 saturated heterocycles. The minimum Gasteiger partial charge on any atom is -0.497 e. The van der Waals surface area contributed by atoms with E-state index < -0.39 is 0 Å². The van der Waals surface area contributed by atoms with Crippen molar-refractivity contribution < 1.29 is 9.53 Å². The molecule has 27 heavy (non-hydrogen) atoms. The van der Waals surface area contributed by atoms with E-state index in [-0.39, 0.29) is 12.3 Å². The van der Waals surface area contributed by atoms with E-state index in [1.807, 2.05) is 46.3 Å². The molecular weight excluding hydrogens is 382 g/mol. The number of carbonyl (C=O) groups is 1. The Morgan fingerprint density at radius 1 is 1.26 bits per heavy atom. The first-order chi connectivity index (χ1) is 13.1. The Hall–Kier alpha value is -2.83. The van der Waals surface area contributed by atoms with Crippen molar-refractivity contribution in [1.29, 1.82) is 0 Å². The van der Waals surface area contributed by atoms with Crippen molar-refractivity contribution in [2.24, 2.45) is 0 Å². The summed E-state index contributed by atoms with van der Waals surface area (Å²) < 4.78 is 7.15. The van der Waals surface area contributed by atoms with Gasteiger partial charge in [0, 0.05) is 33.5 Å². The van der Waals surface area contributed by atoms with Crippen molar-refractivity contribution in [1.82, 2.24) is 9.38 Å². The lowest BCUT2D eigenvalue weighted by Crippen LogP contribution is -2.15. The average Bonchev–Trinajstić information content (AvgIpc) is 3.24. The number of imidazole rings is 1. The Balaban J connectivity index is 1.54. The Bertz CT molecular complexity index is 1100. The second kappa shape index (κ2) is 7.42. The van der Waals surface area contributed by atoms with Gasteiger partial charge >= 0.3 is 0 Å². The molecule has 0 aliphatic rings. The molecule has 2 aromatic carbocycles. The molecule has 136 valence electrons. The molecular formula is C20H16ClN3O2S. The number of anilines is 1. The van der Waals surface area contributed by atoms with Crippen molar-refractivity contribution in [2.75, 3.05) is 12.4 Å². The highest BCUT2D eigenvalue weighted by atomic mass is 35.5. The van der Waals surface area contributed by atoms with E-state index >= 15 is 0 Å². The number of ether oxygens (including phenoxy) is 1. The number of thiazole rings is 1. The van der Waals surface area contributed by atoms with E-state index in [2.05, 4.69) is 10.3 Å². The number of nitrogens with zero attached hydrogens (tertiary/aromatic N) is 2. The van der Waals surface area contributed by atoms with Crippen LogP contribution in [0.3, 0.4) is 0 Å². The van der Waals surface area contributed by atoms with Crippen LogP contribution in [0.2, 0.25) is 5.02 Å². The second-order valence-corrected chi connectivity index (χ2v) is 7.24. The highest BCUT2D eigenvalue weighted by Crippen LogP contribution is 2.25. The van der Waals surface area contributed by atoms with Gasteiger partial charge in [0.15, 0.2) is 4.96 Å². The smallest absolute Gasteiger partial charge is 0.230 e. The molecule has 1 amide bonds. The van der Waals surface area contributed by atoms with Crippen molar-refractivity contribution in [3.8, 4) is 17.0 Å². The van der Waals surface area contributed by atoms with Crippen LogP contribution in [0.1, 0.15) is 5.69 Å². The number of hydrogen-bond donors (Lipinski definition) is 1. The third-order valence-electron chi connectivity index (χ3n) is 4.12. The Kier molecular flexibility index (Phi) is 4.83. The van der Waals surface area contributed by atoms with E-state index in [0.717, 1.165) is 27.7 Å². The van der Waals surface area contributed by atoms with Gasteiger partial charge in [-0.15, -0.1) is 11.3 Å². The molecule has 0 saturated carbocycles. The van der Waals surface area contributed by atoms with Crippen molar-refractivity contribution in [3.63, 3.8) is 0 Å². The van der Waals surface area contributed by atoms with Gasteiger partial charge in [-0.05, 0) is 42.5 Å². The first kappa shape index (κ1) is 17.6. The van der Waals surface area contributed by atoms with Crippen LogP contribution in [-0.4, -0.2) is 22.4 Å². The molecule has 0 radical (unpaired) electrons. The molecule has 4 rings (SSSR count). The first-order valence-corrected chi connectivity index (χ1v) is 9.53. The van der Waals surface area contributed by atoms with E-state index in [0.29, 0.717) is 10.7 Å². The Morgan fingerprint density at radius 2 is 2.07 bits per heavy atom. The highest BCUT2D eigenvalue weighted by Gasteiger charge is 2.13. The summed E-state index contributed by atoms with van der Waals surface area (Å²) in [6.07, 6.45) is 2.21. The summed E-state index contributed by atoms with van der Waals surface area (Å²) >= 11 is 7.47. The molecule has 0 aliphatic heterocycles. The summed E-state index contributed by atoms with van der Waals surface area (Å²) in [6, 6.07) is 14.9. The Labute approximate surface area is 165 Å². The molecule has 0 aliphatic carbocycles. The van der Waals surface area contributed by atoms with E-state index in [1.165, 1.54) is 11.3 Å². The fraction of sp³-hybridized carbons (Fsp3) is 0.100. The molecule has 2 aromatic heterocycles. The van der Waals surface area contributed by atoms with Crippen molar-refractivity contribution >= 4 is 39.5 Å². The predicted octanol–water partition coefficient (Wildman–Crippen LogP) is 4.91. The van der Waals surface area contributed by atoms with Gasteiger partial charge < -0.3 is 10.1 Å². The van der Waals surface area contributed by atoms with Gasteiger partial charge in [-0.2, -0.15) is 0 Å². The van der Waals surface area contributed by atoms with Crippen LogP contribution in [-0.2, 0) is 11.2 Å². The summed E-state index contributed by atoms with van der Waals surface area (Å²) in [6.45, 7) is 0. The molecule has 1 N–H and O–H groups in total. The number of carbonyl (C=O) groups excluding carboxylic acids is 1.